The summed E-state index contributed by atoms with van der Waals surface area (Å²) in [5, 5.41) is 5.12. The molecular formula is C15H10Cl2F3N3O. The Morgan fingerprint density at radius 3 is 2.42 bits per heavy atom. The van der Waals surface area contributed by atoms with Crippen molar-refractivity contribution in [2.45, 2.75) is 6.18 Å². The Morgan fingerprint density at radius 1 is 1.25 bits per heavy atom. The Kier molecular flexibility index (Phi) is 5.46. The maximum Gasteiger partial charge on any atom is 0.417 e. The number of rotatable bonds is 3. The van der Waals surface area contributed by atoms with Crippen molar-refractivity contribution in [3.63, 3.8) is 0 Å². The Morgan fingerprint density at radius 2 is 1.88 bits per heavy atom. The van der Waals surface area contributed by atoms with E-state index in [1.165, 1.54) is 19.2 Å². The van der Waals surface area contributed by atoms with Crippen molar-refractivity contribution in [2.75, 3.05) is 7.05 Å². The van der Waals surface area contributed by atoms with Gasteiger partial charge in [0.25, 0.3) is 5.91 Å². The predicted octanol–water partition coefficient (Wildman–Crippen LogP) is 4.51. The highest BCUT2D eigenvalue weighted by molar-refractivity contribution is 6.32. The molecule has 0 aliphatic carbocycles. The van der Waals surface area contributed by atoms with Crippen LogP contribution in [-0.2, 0) is 6.18 Å². The Bertz CT molecular complexity index is 777. The summed E-state index contributed by atoms with van der Waals surface area (Å²) in [4.78, 5) is 15.7. The fourth-order valence-electron chi connectivity index (χ4n) is 1.67. The number of hydrogen-bond donors (Lipinski definition) is 0. The maximum absolute atomic E-state index is 12.5. The number of benzene rings is 1. The Hall–Kier alpha value is -2.12. The van der Waals surface area contributed by atoms with Gasteiger partial charge in [-0.2, -0.15) is 18.3 Å². The molecule has 2 rings (SSSR count). The second kappa shape index (κ2) is 7.19. The number of carbonyl (C=O) groups is 1. The summed E-state index contributed by atoms with van der Waals surface area (Å²) >= 11 is 11.5. The van der Waals surface area contributed by atoms with Gasteiger partial charge in [-0.1, -0.05) is 23.2 Å². The lowest BCUT2D eigenvalue weighted by Gasteiger charge is -2.11. The monoisotopic (exact) mass is 375 g/mol. The summed E-state index contributed by atoms with van der Waals surface area (Å²) in [5.41, 5.74) is -0.596. The second-order valence-corrected chi connectivity index (χ2v) is 5.51. The van der Waals surface area contributed by atoms with Crippen molar-refractivity contribution in [3.05, 3.63) is 63.4 Å². The molecule has 4 nitrogen and oxygen atoms in total. The highest BCUT2D eigenvalue weighted by Gasteiger charge is 2.31. The molecule has 0 N–H and O–H groups in total. The minimum atomic E-state index is -4.53. The molecule has 1 aromatic carbocycles. The van der Waals surface area contributed by atoms with E-state index >= 15 is 0 Å². The molecule has 1 amide bonds. The summed E-state index contributed by atoms with van der Waals surface area (Å²) in [7, 11) is 1.39. The maximum atomic E-state index is 12.5. The smallest absolute Gasteiger partial charge is 0.267 e. The number of hydrogen-bond acceptors (Lipinski definition) is 3. The lowest BCUT2D eigenvalue weighted by Crippen LogP contribution is -2.21. The fraction of sp³-hybridized carbons (Fsp3) is 0.133. The lowest BCUT2D eigenvalue weighted by molar-refractivity contribution is -0.137. The first-order valence-electron chi connectivity index (χ1n) is 6.49. The molecule has 0 aliphatic heterocycles. The van der Waals surface area contributed by atoms with E-state index in [0.717, 1.165) is 17.3 Å². The van der Waals surface area contributed by atoms with E-state index in [0.29, 0.717) is 16.8 Å². The number of carbonyl (C=O) groups excluding carboxylic acids is 1. The van der Waals surface area contributed by atoms with Crippen molar-refractivity contribution in [2.24, 2.45) is 5.10 Å². The fourth-order valence-corrected chi connectivity index (χ4v) is 2.01. The predicted molar refractivity (Wildman–Crippen MR) is 85.4 cm³/mol. The van der Waals surface area contributed by atoms with Crippen LogP contribution in [0.4, 0.5) is 13.2 Å². The van der Waals surface area contributed by atoms with Crippen LogP contribution in [0, 0.1) is 0 Å². The summed E-state index contributed by atoms with van der Waals surface area (Å²) in [6.07, 6.45) is -2.78. The number of hydrazone groups is 1. The van der Waals surface area contributed by atoms with E-state index in [1.807, 2.05) is 0 Å². The first-order valence-corrected chi connectivity index (χ1v) is 7.24. The van der Waals surface area contributed by atoms with Gasteiger partial charge in [-0.3, -0.25) is 9.78 Å². The van der Waals surface area contributed by atoms with Gasteiger partial charge in [-0.05, 0) is 30.3 Å². The van der Waals surface area contributed by atoms with Gasteiger partial charge in [0.1, 0.15) is 5.69 Å². The average Bonchev–Trinajstić information content (AvgIpc) is 2.52. The number of nitrogens with zero attached hydrogens (tertiary/aromatic N) is 3. The quantitative estimate of drug-likeness (QED) is 0.585. The summed E-state index contributed by atoms with van der Waals surface area (Å²) < 4.78 is 37.6. The zero-order chi connectivity index (χ0) is 17.9. The largest absolute Gasteiger partial charge is 0.417 e. The number of aromatic nitrogens is 1. The van der Waals surface area contributed by atoms with Gasteiger partial charge in [0.15, 0.2) is 0 Å². The van der Waals surface area contributed by atoms with E-state index in [9.17, 15) is 18.0 Å². The summed E-state index contributed by atoms with van der Waals surface area (Å²) in [6, 6.07) is 6.91. The van der Waals surface area contributed by atoms with Crippen LogP contribution in [-0.4, -0.2) is 29.2 Å². The first kappa shape index (κ1) is 18.2. The van der Waals surface area contributed by atoms with Crippen LogP contribution in [0.5, 0.6) is 0 Å². The number of pyridine rings is 1. The third-order valence-corrected chi connectivity index (χ3v) is 3.49. The van der Waals surface area contributed by atoms with Gasteiger partial charge in [0.2, 0.25) is 0 Å². The van der Waals surface area contributed by atoms with Crippen LogP contribution in [0.1, 0.15) is 21.6 Å². The molecule has 2 aromatic rings. The molecule has 0 unspecified atom stereocenters. The highest BCUT2D eigenvalue weighted by Crippen LogP contribution is 2.30. The van der Waals surface area contributed by atoms with E-state index in [1.54, 1.807) is 12.1 Å². The van der Waals surface area contributed by atoms with Crippen molar-refractivity contribution < 1.29 is 18.0 Å². The second-order valence-electron chi connectivity index (χ2n) is 4.67. The molecule has 126 valence electrons. The normalized spacial score (nSPS) is 11.8. The molecule has 0 radical (unpaired) electrons. The van der Waals surface area contributed by atoms with Gasteiger partial charge < -0.3 is 0 Å². The van der Waals surface area contributed by atoms with Gasteiger partial charge >= 0.3 is 6.18 Å². The van der Waals surface area contributed by atoms with Crippen LogP contribution in [0.15, 0.2) is 41.6 Å². The third-order valence-electron chi connectivity index (χ3n) is 2.94. The molecule has 9 heteroatoms. The molecule has 0 saturated heterocycles. The molecule has 0 saturated carbocycles. The summed E-state index contributed by atoms with van der Waals surface area (Å²) in [6.45, 7) is 0. The Balaban J connectivity index is 2.15. The molecule has 0 spiro atoms. The SMILES string of the molecule is CN(/N=C\c1ncc(C(F)(F)F)cc1Cl)C(=O)c1ccc(Cl)cc1. The third kappa shape index (κ3) is 4.46. The minimum Gasteiger partial charge on any atom is -0.267 e. The van der Waals surface area contributed by atoms with Crippen molar-refractivity contribution in [1.82, 2.24) is 9.99 Å². The van der Waals surface area contributed by atoms with Gasteiger partial charge in [-0.25, -0.2) is 5.01 Å². The standard InChI is InChI=1S/C15H10Cl2F3N3O/c1-23(14(24)9-2-4-11(16)5-3-9)22-8-13-12(17)6-10(7-21-13)15(18,19)20/h2-8H,1H3/b22-8-. The van der Waals surface area contributed by atoms with E-state index < -0.39 is 17.6 Å². The van der Waals surface area contributed by atoms with Gasteiger partial charge in [-0.15, -0.1) is 0 Å². The molecule has 0 bridgehead atoms. The van der Waals surface area contributed by atoms with E-state index in [-0.39, 0.29) is 10.7 Å². The topological polar surface area (TPSA) is 45.6 Å². The molecular weight excluding hydrogens is 366 g/mol. The number of amides is 1. The first-order chi connectivity index (χ1) is 11.2. The number of halogens is 5. The van der Waals surface area contributed by atoms with Crippen LogP contribution in [0.25, 0.3) is 0 Å². The summed E-state index contributed by atoms with van der Waals surface area (Å²) in [5.74, 6) is -0.425. The van der Waals surface area contributed by atoms with Crippen LogP contribution in [0.2, 0.25) is 10.0 Å². The van der Waals surface area contributed by atoms with Crippen molar-refractivity contribution in [1.29, 1.82) is 0 Å². The molecule has 1 aromatic heterocycles. The highest BCUT2D eigenvalue weighted by atomic mass is 35.5. The van der Waals surface area contributed by atoms with Gasteiger partial charge in [0, 0.05) is 23.8 Å². The van der Waals surface area contributed by atoms with Crippen LogP contribution < -0.4 is 0 Å². The van der Waals surface area contributed by atoms with E-state index in [4.69, 9.17) is 23.2 Å². The molecule has 24 heavy (non-hydrogen) atoms. The molecule has 1 heterocycles. The van der Waals surface area contributed by atoms with Crippen molar-refractivity contribution in [3.8, 4) is 0 Å². The minimum absolute atomic E-state index is 0.0143. The zero-order valence-corrected chi connectivity index (χ0v) is 13.7. The molecule has 0 aliphatic rings. The van der Waals surface area contributed by atoms with Crippen LogP contribution >= 0.6 is 23.2 Å². The molecule has 0 atom stereocenters. The number of alkyl halides is 3. The molecule has 0 fully saturated rings. The zero-order valence-electron chi connectivity index (χ0n) is 12.2. The average molecular weight is 376 g/mol. The van der Waals surface area contributed by atoms with Gasteiger partial charge in [0.05, 0.1) is 16.8 Å². The van der Waals surface area contributed by atoms with E-state index in [2.05, 4.69) is 10.1 Å². The van der Waals surface area contributed by atoms with Crippen LogP contribution in [0.3, 0.4) is 0 Å². The van der Waals surface area contributed by atoms with Crippen molar-refractivity contribution >= 4 is 35.3 Å². The Labute approximate surface area is 145 Å². The lowest BCUT2D eigenvalue weighted by atomic mass is 10.2.